The van der Waals surface area contributed by atoms with Crippen LogP contribution >= 0.6 is 11.6 Å². The molecule has 1 aromatic carbocycles. The first-order valence-corrected chi connectivity index (χ1v) is 8.08. The van der Waals surface area contributed by atoms with E-state index < -0.39 is 40.6 Å². The number of nitro benzene ring substituents is 1. The van der Waals surface area contributed by atoms with Crippen LogP contribution in [0.25, 0.3) is 6.08 Å². The lowest BCUT2D eigenvalue weighted by atomic mass is 9.97. The van der Waals surface area contributed by atoms with Gasteiger partial charge >= 0.3 is 11.9 Å². The smallest absolute Gasteiger partial charge is 0.328 e. The third-order valence-electron chi connectivity index (χ3n) is 3.52. The first-order valence-electron chi connectivity index (χ1n) is 7.71. The van der Waals surface area contributed by atoms with Gasteiger partial charge in [-0.3, -0.25) is 24.5 Å². The second-order valence-electron chi connectivity index (χ2n) is 5.54. The number of amides is 1. The molecule has 1 fully saturated rings. The molecule has 2 atom stereocenters. The quantitative estimate of drug-likeness (QED) is 0.163. The zero-order valence-corrected chi connectivity index (χ0v) is 15.0. The van der Waals surface area contributed by atoms with Crippen LogP contribution in [0, 0.1) is 10.1 Å². The first-order chi connectivity index (χ1) is 13.0. The molecule has 0 aliphatic carbocycles. The number of hydrogen-bond donors (Lipinski definition) is 4. The van der Waals surface area contributed by atoms with Crippen molar-refractivity contribution in [3.8, 4) is 0 Å². The van der Waals surface area contributed by atoms with E-state index in [1.807, 2.05) is 0 Å². The molecule has 1 aliphatic rings. The molecule has 11 nitrogen and oxygen atoms in total. The molecule has 2 unspecified atom stereocenters. The van der Waals surface area contributed by atoms with Crippen molar-refractivity contribution in [2.75, 3.05) is 0 Å². The highest BCUT2D eigenvalue weighted by atomic mass is 35.5. The van der Waals surface area contributed by atoms with Gasteiger partial charge in [-0.1, -0.05) is 11.6 Å². The Bertz CT molecular complexity index is 839. The summed E-state index contributed by atoms with van der Waals surface area (Å²) in [6.45, 7) is 0. The molecule has 1 amide bonds. The minimum Gasteiger partial charge on any atom is -0.480 e. The van der Waals surface area contributed by atoms with Gasteiger partial charge in [-0.05, 0) is 31.1 Å². The number of β-lactam (4-membered cyclic amide) rings is 1. The van der Waals surface area contributed by atoms with Crippen molar-refractivity contribution in [3.05, 3.63) is 45.0 Å². The lowest BCUT2D eigenvalue weighted by Crippen LogP contribution is -2.59. The molecular formula is C16H16ClN3O8. The molecule has 2 rings (SSSR count). The third-order valence-corrected chi connectivity index (χ3v) is 3.76. The van der Waals surface area contributed by atoms with E-state index in [2.05, 4.69) is 5.32 Å². The van der Waals surface area contributed by atoms with E-state index in [1.54, 1.807) is 0 Å². The van der Waals surface area contributed by atoms with Crippen LogP contribution in [0.3, 0.4) is 0 Å². The number of nitro groups is 1. The van der Waals surface area contributed by atoms with Crippen LogP contribution in [0.4, 0.5) is 5.69 Å². The number of aliphatic carboxylic acids is 2. The molecule has 1 aliphatic heterocycles. The number of carbonyl (C=O) groups is 4. The van der Waals surface area contributed by atoms with Gasteiger partial charge in [0, 0.05) is 17.2 Å². The van der Waals surface area contributed by atoms with E-state index >= 15 is 0 Å². The number of ketones is 1. The van der Waals surface area contributed by atoms with E-state index in [9.17, 15) is 29.3 Å². The average Bonchev–Trinajstić information content (AvgIpc) is 2.62. The zero-order chi connectivity index (χ0) is 21.4. The van der Waals surface area contributed by atoms with Gasteiger partial charge in [0.2, 0.25) is 5.78 Å². The maximum Gasteiger partial charge on any atom is 0.328 e. The summed E-state index contributed by atoms with van der Waals surface area (Å²) >= 11 is 5.63. The number of carboxylic acids is 2. The molecule has 12 heteroatoms. The number of hydrogen-bond acceptors (Lipinski definition) is 7. The van der Waals surface area contributed by atoms with Crippen LogP contribution < -0.4 is 11.1 Å². The summed E-state index contributed by atoms with van der Waals surface area (Å²) in [4.78, 5) is 51.6. The molecule has 150 valence electrons. The van der Waals surface area contributed by atoms with Gasteiger partial charge in [-0.15, -0.1) is 0 Å². The van der Waals surface area contributed by atoms with Crippen molar-refractivity contribution in [3.63, 3.8) is 0 Å². The molecular weight excluding hydrogens is 398 g/mol. The molecule has 28 heavy (non-hydrogen) atoms. The van der Waals surface area contributed by atoms with E-state index in [4.69, 9.17) is 27.5 Å². The van der Waals surface area contributed by atoms with E-state index in [0.717, 1.165) is 12.2 Å². The Hall–Kier alpha value is -3.31. The fraction of sp³-hybridized carbons (Fsp3) is 0.250. The Morgan fingerprint density at radius 3 is 2.46 bits per heavy atom. The van der Waals surface area contributed by atoms with Gasteiger partial charge < -0.3 is 21.3 Å². The second-order valence-corrected chi connectivity index (χ2v) is 5.98. The number of benzene rings is 1. The Morgan fingerprint density at radius 1 is 1.36 bits per heavy atom. The van der Waals surface area contributed by atoms with Crippen molar-refractivity contribution in [2.45, 2.75) is 24.9 Å². The van der Waals surface area contributed by atoms with E-state index in [1.165, 1.54) is 18.2 Å². The first kappa shape index (κ1) is 22.7. The van der Waals surface area contributed by atoms with Crippen molar-refractivity contribution < 1.29 is 34.3 Å². The summed E-state index contributed by atoms with van der Waals surface area (Å²) in [6.07, 6.45) is 2.43. The van der Waals surface area contributed by atoms with Gasteiger partial charge in [0.1, 0.15) is 6.04 Å². The highest BCUT2D eigenvalue weighted by Gasteiger charge is 2.36. The van der Waals surface area contributed by atoms with Crippen LogP contribution in [-0.2, 0) is 19.2 Å². The molecule has 1 saturated heterocycles. The Morgan fingerprint density at radius 2 is 2.00 bits per heavy atom. The third kappa shape index (κ3) is 6.78. The van der Waals surface area contributed by atoms with Crippen LogP contribution in [0.1, 0.15) is 18.4 Å². The Balaban J connectivity index is 0.000000283. The van der Waals surface area contributed by atoms with Crippen LogP contribution in [-0.4, -0.2) is 50.8 Å². The lowest BCUT2D eigenvalue weighted by molar-refractivity contribution is -0.385. The fourth-order valence-corrected chi connectivity index (χ4v) is 2.22. The number of rotatable bonds is 7. The summed E-state index contributed by atoms with van der Waals surface area (Å²) in [5.41, 5.74) is 5.18. The fourth-order valence-electron chi connectivity index (χ4n) is 2.03. The van der Waals surface area contributed by atoms with Crippen molar-refractivity contribution in [1.29, 1.82) is 0 Å². The van der Waals surface area contributed by atoms with E-state index in [-0.39, 0.29) is 24.1 Å². The lowest BCUT2D eigenvalue weighted by Gasteiger charge is -2.25. The van der Waals surface area contributed by atoms with Crippen molar-refractivity contribution in [2.24, 2.45) is 5.73 Å². The normalized spacial score (nSPS) is 16.4. The van der Waals surface area contributed by atoms with Gasteiger partial charge in [0.25, 0.3) is 11.6 Å². The molecule has 5 N–H and O–H groups in total. The number of carboxylic acid groups (broad SMARTS) is 2. The van der Waals surface area contributed by atoms with Gasteiger partial charge in [-0.25, -0.2) is 4.79 Å². The van der Waals surface area contributed by atoms with Crippen LogP contribution in [0.5, 0.6) is 0 Å². The van der Waals surface area contributed by atoms with Gasteiger partial charge in [0.15, 0.2) is 0 Å². The molecule has 0 radical (unpaired) electrons. The standard InChI is InChI=1S/C9H6ClNO4.C7H10N2O4/c10-7-2-3-8(11(14)15)6(5-7)1-4-9(12)13;8-3(7(12)13)1-2-4-5(10)6(11)9-4/h1-5H,(H,12,13);3-4H,1-2,8H2,(H,9,11)(H,12,13). The van der Waals surface area contributed by atoms with Crippen molar-refractivity contribution >= 4 is 47.0 Å². The highest BCUT2D eigenvalue weighted by Crippen LogP contribution is 2.23. The molecule has 1 aromatic rings. The number of nitrogens with zero attached hydrogens (tertiary/aromatic N) is 1. The topological polar surface area (TPSA) is 190 Å². The second kappa shape index (κ2) is 10.1. The van der Waals surface area contributed by atoms with Crippen LogP contribution in [0.15, 0.2) is 24.3 Å². The number of halogens is 1. The summed E-state index contributed by atoms with van der Waals surface area (Å²) in [5, 5.41) is 30.0. The molecule has 1 heterocycles. The van der Waals surface area contributed by atoms with Gasteiger partial charge in [-0.2, -0.15) is 0 Å². The Labute approximate surface area is 162 Å². The zero-order valence-electron chi connectivity index (χ0n) is 14.2. The summed E-state index contributed by atoms with van der Waals surface area (Å²) in [7, 11) is 0. The average molecular weight is 414 g/mol. The predicted molar refractivity (Wildman–Crippen MR) is 96.6 cm³/mol. The summed E-state index contributed by atoms with van der Waals surface area (Å²) in [6, 6.07) is 2.43. The minimum atomic E-state index is -1.18. The number of carbonyl (C=O) groups excluding carboxylic acids is 2. The SMILES string of the molecule is NC(CCC1NC(=O)C1=O)C(=O)O.O=C(O)C=Cc1cc(Cl)ccc1[N+](=O)[O-]. The number of Topliss-reactive ketones (excluding diaryl/α,β-unsaturated/α-hetero) is 1. The van der Waals surface area contributed by atoms with E-state index in [0.29, 0.717) is 5.02 Å². The number of nitrogens with two attached hydrogens (primary N) is 1. The monoisotopic (exact) mass is 413 g/mol. The maximum absolute atomic E-state index is 10.7. The van der Waals surface area contributed by atoms with Crippen molar-refractivity contribution in [1.82, 2.24) is 5.32 Å². The number of nitrogens with one attached hydrogen (secondary N) is 1. The Kier molecular flexibility index (Phi) is 8.23. The predicted octanol–water partition coefficient (Wildman–Crippen LogP) is 0.592. The molecule has 0 saturated carbocycles. The minimum absolute atomic E-state index is 0.162. The molecule has 0 aromatic heterocycles. The summed E-state index contributed by atoms with van der Waals surface area (Å²) < 4.78 is 0. The maximum atomic E-state index is 10.7. The molecule has 0 bridgehead atoms. The van der Waals surface area contributed by atoms with Gasteiger partial charge in [0.05, 0.1) is 16.5 Å². The summed E-state index contributed by atoms with van der Waals surface area (Å²) in [5.74, 6) is -3.37. The largest absolute Gasteiger partial charge is 0.480 e. The highest BCUT2D eigenvalue weighted by molar-refractivity contribution is 6.44. The van der Waals surface area contributed by atoms with Crippen LogP contribution in [0.2, 0.25) is 5.02 Å². The molecule has 0 spiro atoms.